The Kier molecular flexibility index (Phi) is 8.53. The molecule has 0 saturated carbocycles. The van der Waals surface area contributed by atoms with Crippen LogP contribution in [0, 0.1) is 0 Å². The van der Waals surface area contributed by atoms with Crippen LogP contribution in [0.5, 0.6) is 0 Å². The molecule has 1 atom stereocenters. The van der Waals surface area contributed by atoms with Crippen LogP contribution in [0.15, 0.2) is 35.8 Å². The number of nitrogens with zero attached hydrogens (tertiary/aromatic N) is 2. The van der Waals surface area contributed by atoms with Crippen LogP contribution in [0.25, 0.3) is 0 Å². The van der Waals surface area contributed by atoms with Gasteiger partial charge in [0.15, 0.2) is 0 Å². The third kappa shape index (κ3) is 4.85. The lowest BCUT2D eigenvalue weighted by molar-refractivity contribution is -0.135. The van der Waals surface area contributed by atoms with Crippen LogP contribution in [-0.2, 0) is 11.2 Å². The van der Waals surface area contributed by atoms with Crippen molar-refractivity contribution in [1.82, 2.24) is 9.88 Å². The molecule has 1 saturated heterocycles. The summed E-state index contributed by atoms with van der Waals surface area (Å²) in [6.45, 7) is 0.841. The van der Waals surface area contributed by atoms with E-state index in [-0.39, 0.29) is 36.8 Å². The molecule has 4 nitrogen and oxygen atoms in total. The number of benzene rings is 1. The first kappa shape index (κ1) is 20.7. The van der Waals surface area contributed by atoms with Crippen LogP contribution in [0.1, 0.15) is 42.3 Å². The number of nitrogen functional groups attached to an aromatic ring is 1. The minimum absolute atomic E-state index is 0. The fraction of sp³-hybridized carbons (Fsp3) is 0.412. The average molecular weight is 388 g/mol. The van der Waals surface area contributed by atoms with Crippen molar-refractivity contribution in [2.45, 2.75) is 38.1 Å². The number of aromatic nitrogens is 1. The van der Waals surface area contributed by atoms with Gasteiger partial charge in [-0.1, -0.05) is 18.2 Å². The van der Waals surface area contributed by atoms with Crippen LogP contribution in [-0.4, -0.2) is 22.3 Å². The first-order valence-electron chi connectivity index (χ1n) is 7.78. The zero-order valence-electron chi connectivity index (χ0n) is 13.4. The molecule has 1 fully saturated rings. The molecule has 1 aromatic carbocycles. The minimum atomic E-state index is 0. The summed E-state index contributed by atoms with van der Waals surface area (Å²) < 4.78 is 0. The number of carbonyl (C=O) groups is 1. The molecular weight excluding hydrogens is 365 g/mol. The summed E-state index contributed by atoms with van der Waals surface area (Å²) in [6, 6.07) is 7.93. The Morgan fingerprint density at radius 2 is 2.08 bits per heavy atom. The number of hydrogen-bond acceptors (Lipinski definition) is 4. The largest absolute Gasteiger partial charge is 0.399 e. The van der Waals surface area contributed by atoms with Crippen LogP contribution in [0.3, 0.4) is 0 Å². The zero-order chi connectivity index (χ0) is 15.4. The van der Waals surface area contributed by atoms with Gasteiger partial charge in [0.05, 0.1) is 6.04 Å². The monoisotopic (exact) mass is 387 g/mol. The highest BCUT2D eigenvalue weighted by Gasteiger charge is 2.29. The summed E-state index contributed by atoms with van der Waals surface area (Å²) in [4.78, 5) is 19.1. The second-order valence-electron chi connectivity index (χ2n) is 5.67. The Morgan fingerprint density at radius 3 is 2.79 bits per heavy atom. The van der Waals surface area contributed by atoms with Crippen LogP contribution < -0.4 is 5.73 Å². The van der Waals surface area contributed by atoms with Gasteiger partial charge in [-0.3, -0.25) is 4.79 Å². The average Bonchev–Trinajstić information content (AvgIpc) is 3.08. The maximum atomic E-state index is 12.7. The van der Waals surface area contributed by atoms with Crippen molar-refractivity contribution < 1.29 is 4.79 Å². The predicted molar refractivity (Wildman–Crippen MR) is 104 cm³/mol. The lowest BCUT2D eigenvalue weighted by atomic mass is 10.0. The molecule has 1 unspecified atom stereocenters. The second-order valence-corrected chi connectivity index (χ2v) is 6.59. The van der Waals surface area contributed by atoms with E-state index in [1.807, 2.05) is 40.7 Å². The number of piperidine rings is 1. The van der Waals surface area contributed by atoms with Gasteiger partial charge in [-0.15, -0.1) is 36.2 Å². The van der Waals surface area contributed by atoms with E-state index in [1.54, 1.807) is 11.3 Å². The summed E-state index contributed by atoms with van der Waals surface area (Å²) in [5.74, 6) is 0.211. The normalized spacial score (nSPS) is 16.8. The third-order valence-electron chi connectivity index (χ3n) is 4.22. The Labute approximate surface area is 159 Å². The molecule has 0 spiro atoms. The van der Waals surface area contributed by atoms with E-state index in [4.69, 9.17) is 5.73 Å². The topological polar surface area (TPSA) is 59.2 Å². The molecule has 132 valence electrons. The van der Waals surface area contributed by atoms with E-state index in [1.165, 1.54) is 6.42 Å². The molecule has 24 heavy (non-hydrogen) atoms. The smallest absolute Gasteiger partial charge is 0.223 e. The quantitative estimate of drug-likeness (QED) is 0.797. The van der Waals surface area contributed by atoms with Crippen molar-refractivity contribution in [2.75, 3.05) is 12.3 Å². The molecule has 1 aromatic heterocycles. The van der Waals surface area contributed by atoms with E-state index < -0.39 is 0 Å². The van der Waals surface area contributed by atoms with Crippen molar-refractivity contribution >= 4 is 47.7 Å². The number of rotatable bonds is 4. The number of carbonyl (C=O) groups excluding carboxylic acids is 1. The lowest BCUT2D eigenvalue weighted by Gasteiger charge is -2.34. The van der Waals surface area contributed by atoms with E-state index in [9.17, 15) is 4.79 Å². The van der Waals surface area contributed by atoms with Crippen molar-refractivity contribution in [2.24, 2.45) is 0 Å². The van der Waals surface area contributed by atoms with Gasteiger partial charge in [-0.05, 0) is 37.3 Å². The molecule has 0 aliphatic carbocycles. The zero-order valence-corrected chi connectivity index (χ0v) is 15.8. The Hall–Kier alpha value is -1.30. The van der Waals surface area contributed by atoms with E-state index in [2.05, 4.69) is 4.98 Å². The molecule has 1 aliphatic heterocycles. The Bertz CT molecular complexity index is 637. The Balaban J connectivity index is 0.00000144. The van der Waals surface area contributed by atoms with E-state index >= 15 is 0 Å². The van der Waals surface area contributed by atoms with Gasteiger partial charge in [0.2, 0.25) is 5.91 Å². The van der Waals surface area contributed by atoms with E-state index in [0.717, 1.165) is 35.6 Å². The summed E-state index contributed by atoms with van der Waals surface area (Å²) in [6.07, 6.45) is 6.30. The number of para-hydroxylation sites is 1. The van der Waals surface area contributed by atoms with Crippen molar-refractivity contribution in [1.29, 1.82) is 0 Å². The van der Waals surface area contributed by atoms with Crippen LogP contribution >= 0.6 is 36.2 Å². The number of hydrogen-bond donors (Lipinski definition) is 1. The van der Waals surface area contributed by atoms with Gasteiger partial charge in [0.25, 0.3) is 0 Å². The number of aryl methyl sites for hydroxylation is 1. The summed E-state index contributed by atoms with van der Waals surface area (Å²) in [5.41, 5.74) is 7.78. The van der Waals surface area contributed by atoms with Gasteiger partial charge in [-0.2, -0.15) is 0 Å². The van der Waals surface area contributed by atoms with Crippen molar-refractivity contribution in [3.05, 3.63) is 46.4 Å². The molecule has 0 radical (unpaired) electrons. The fourth-order valence-electron chi connectivity index (χ4n) is 3.03. The first-order valence-corrected chi connectivity index (χ1v) is 8.66. The maximum Gasteiger partial charge on any atom is 0.223 e. The number of nitrogens with two attached hydrogens (primary N) is 1. The number of thiazole rings is 1. The standard InChI is InChI=1S/C17H21N3OS.2ClH/c18-14-6-2-1-5-13(14)8-9-16(21)20-11-4-3-7-15(20)17-19-10-12-22-17;;/h1-2,5-6,10,12,15H,3-4,7-9,11,18H2;2*1H. The predicted octanol–water partition coefficient (Wildman–Crippen LogP) is 4.26. The van der Waals surface area contributed by atoms with Gasteiger partial charge in [0.1, 0.15) is 5.01 Å². The highest BCUT2D eigenvalue weighted by molar-refractivity contribution is 7.09. The highest BCUT2D eigenvalue weighted by atomic mass is 35.5. The lowest BCUT2D eigenvalue weighted by Crippen LogP contribution is -2.38. The summed E-state index contributed by atoms with van der Waals surface area (Å²) in [7, 11) is 0. The van der Waals surface area contributed by atoms with Gasteiger partial charge in [0, 0.05) is 30.2 Å². The summed E-state index contributed by atoms with van der Waals surface area (Å²) in [5, 5.41) is 3.05. The molecule has 7 heteroatoms. The first-order chi connectivity index (χ1) is 10.8. The van der Waals surface area contributed by atoms with Crippen molar-refractivity contribution in [3.63, 3.8) is 0 Å². The fourth-order valence-corrected chi connectivity index (χ4v) is 3.82. The van der Waals surface area contributed by atoms with Crippen LogP contribution in [0.2, 0.25) is 0 Å². The minimum Gasteiger partial charge on any atom is -0.399 e. The van der Waals surface area contributed by atoms with E-state index in [0.29, 0.717) is 12.8 Å². The molecule has 3 rings (SSSR count). The highest BCUT2D eigenvalue weighted by Crippen LogP contribution is 2.32. The summed E-state index contributed by atoms with van der Waals surface area (Å²) >= 11 is 1.64. The number of likely N-dealkylation sites (tertiary alicyclic amines) is 1. The van der Waals surface area contributed by atoms with Gasteiger partial charge in [-0.25, -0.2) is 4.98 Å². The molecular formula is C17H23Cl2N3OS. The molecule has 2 aromatic rings. The maximum absolute atomic E-state index is 12.7. The number of anilines is 1. The molecule has 2 heterocycles. The van der Waals surface area contributed by atoms with Gasteiger partial charge >= 0.3 is 0 Å². The van der Waals surface area contributed by atoms with Gasteiger partial charge < -0.3 is 10.6 Å². The molecule has 1 aliphatic rings. The number of halogens is 2. The van der Waals surface area contributed by atoms with Crippen LogP contribution in [0.4, 0.5) is 5.69 Å². The Morgan fingerprint density at radius 1 is 1.29 bits per heavy atom. The molecule has 0 bridgehead atoms. The number of amides is 1. The molecule has 1 amide bonds. The van der Waals surface area contributed by atoms with Crippen molar-refractivity contribution in [3.8, 4) is 0 Å². The third-order valence-corrected chi connectivity index (χ3v) is 5.10. The molecule has 2 N–H and O–H groups in total. The SMILES string of the molecule is Cl.Cl.Nc1ccccc1CCC(=O)N1CCCCC1c1nccs1. The second kappa shape index (κ2) is 9.87.